The van der Waals surface area contributed by atoms with Gasteiger partial charge in [-0.05, 0) is 49.6 Å². The van der Waals surface area contributed by atoms with E-state index in [1.54, 1.807) is 0 Å². The largest absolute Gasteiger partial charge is 0.380 e. The molecule has 1 aromatic rings. The van der Waals surface area contributed by atoms with E-state index < -0.39 is 0 Å². The summed E-state index contributed by atoms with van der Waals surface area (Å²) >= 11 is 0. The third-order valence-corrected chi connectivity index (χ3v) is 3.91. The molecule has 1 saturated heterocycles. The average Bonchev–Trinajstić information content (AvgIpc) is 2.89. The van der Waals surface area contributed by atoms with Crippen LogP contribution < -0.4 is 10.2 Å². The number of nitrogens with zero attached hydrogens (tertiary/aromatic N) is 1. The van der Waals surface area contributed by atoms with Gasteiger partial charge in [-0.1, -0.05) is 13.0 Å². The second-order valence-electron chi connectivity index (χ2n) is 5.38. The van der Waals surface area contributed by atoms with E-state index in [1.165, 1.54) is 23.2 Å². The standard InChI is InChI=1S/C16H26N2O/c1-4-8-17-11-14-5-6-15(10-13(14)2)18-9-7-16(12-18)19-3/h5-6,10,16-17H,4,7-9,11-12H2,1-3H3. The predicted molar refractivity (Wildman–Crippen MR) is 80.8 cm³/mol. The molecule has 1 atom stereocenters. The highest BCUT2D eigenvalue weighted by Gasteiger charge is 2.22. The zero-order valence-corrected chi connectivity index (χ0v) is 12.4. The lowest BCUT2D eigenvalue weighted by atomic mass is 10.1. The number of methoxy groups -OCH3 is 1. The van der Waals surface area contributed by atoms with Crippen LogP contribution in [-0.2, 0) is 11.3 Å². The zero-order valence-electron chi connectivity index (χ0n) is 12.4. The Morgan fingerprint density at radius 1 is 1.42 bits per heavy atom. The molecule has 3 heteroatoms. The molecule has 1 N–H and O–H groups in total. The second-order valence-corrected chi connectivity index (χ2v) is 5.38. The summed E-state index contributed by atoms with van der Waals surface area (Å²) in [7, 11) is 1.81. The molecule has 1 heterocycles. The summed E-state index contributed by atoms with van der Waals surface area (Å²) in [5.41, 5.74) is 4.11. The molecule has 19 heavy (non-hydrogen) atoms. The van der Waals surface area contributed by atoms with Gasteiger partial charge in [-0.25, -0.2) is 0 Å². The Morgan fingerprint density at radius 3 is 2.89 bits per heavy atom. The first-order valence-corrected chi connectivity index (χ1v) is 7.32. The molecule has 1 aliphatic rings. The topological polar surface area (TPSA) is 24.5 Å². The Balaban J connectivity index is 1.98. The van der Waals surface area contributed by atoms with E-state index in [9.17, 15) is 0 Å². The van der Waals surface area contributed by atoms with Crippen LogP contribution in [0, 0.1) is 6.92 Å². The molecule has 0 amide bonds. The van der Waals surface area contributed by atoms with Crippen LogP contribution in [0.2, 0.25) is 0 Å². The molecule has 2 rings (SSSR count). The summed E-state index contributed by atoms with van der Waals surface area (Å²) in [6, 6.07) is 6.81. The smallest absolute Gasteiger partial charge is 0.0762 e. The highest BCUT2D eigenvalue weighted by Crippen LogP contribution is 2.24. The van der Waals surface area contributed by atoms with Crippen molar-refractivity contribution in [2.24, 2.45) is 0 Å². The van der Waals surface area contributed by atoms with Crippen LogP contribution in [0.5, 0.6) is 0 Å². The van der Waals surface area contributed by atoms with Gasteiger partial charge in [-0.15, -0.1) is 0 Å². The van der Waals surface area contributed by atoms with Crippen molar-refractivity contribution in [3.05, 3.63) is 29.3 Å². The minimum absolute atomic E-state index is 0.395. The molecule has 0 spiro atoms. The fraction of sp³-hybridized carbons (Fsp3) is 0.625. The van der Waals surface area contributed by atoms with Gasteiger partial charge in [0.15, 0.2) is 0 Å². The molecule has 1 aromatic carbocycles. The fourth-order valence-electron chi connectivity index (χ4n) is 2.63. The van der Waals surface area contributed by atoms with Gasteiger partial charge in [-0.2, -0.15) is 0 Å². The summed E-state index contributed by atoms with van der Waals surface area (Å²) in [5.74, 6) is 0. The van der Waals surface area contributed by atoms with E-state index >= 15 is 0 Å². The molecule has 1 unspecified atom stereocenters. The van der Waals surface area contributed by atoms with Crippen molar-refractivity contribution < 1.29 is 4.74 Å². The number of anilines is 1. The summed E-state index contributed by atoms with van der Waals surface area (Å²) < 4.78 is 5.43. The maximum atomic E-state index is 5.43. The first-order valence-electron chi connectivity index (χ1n) is 7.32. The first kappa shape index (κ1) is 14.4. The molecule has 0 aliphatic carbocycles. The van der Waals surface area contributed by atoms with Crippen molar-refractivity contribution in [3.63, 3.8) is 0 Å². The second kappa shape index (κ2) is 6.92. The van der Waals surface area contributed by atoms with E-state index in [4.69, 9.17) is 4.74 Å². The van der Waals surface area contributed by atoms with Gasteiger partial charge in [0.2, 0.25) is 0 Å². The molecule has 0 bridgehead atoms. The van der Waals surface area contributed by atoms with Crippen LogP contribution in [0.4, 0.5) is 5.69 Å². The number of hydrogen-bond donors (Lipinski definition) is 1. The number of hydrogen-bond acceptors (Lipinski definition) is 3. The molecule has 0 radical (unpaired) electrons. The SMILES string of the molecule is CCCNCc1ccc(N2CCC(OC)C2)cc1C. The molecule has 0 aromatic heterocycles. The predicted octanol–water partition coefficient (Wildman–Crippen LogP) is 2.72. The molecule has 106 valence electrons. The first-order chi connectivity index (χ1) is 9.24. The Kier molecular flexibility index (Phi) is 5.23. The number of rotatable bonds is 6. The fourth-order valence-corrected chi connectivity index (χ4v) is 2.63. The van der Waals surface area contributed by atoms with Crippen molar-refractivity contribution in [3.8, 4) is 0 Å². The molecule has 0 saturated carbocycles. The monoisotopic (exact) mass is 262 g/mol. The van der Waals surface area contributed by atoms with Crippen LogP contribution in [0.1, 0.15) is 30.9 Å². The average molecular weight is 262 g/mol. The maximum Gasteiger partial charge on any atom is 0.0762 e. The molecule has 3 nitrogen and oxygen atoms in total. The van der Waals surface area contributed by atoms with Crippen LogP contribution in [0.15, 0.2) is 18.2 Å². The lowest BCUT2D eigenvalue weighted by molar-refractivity contribution is 0.121. The summed E-state index contributed by atoms with van der Waals surface area (Å²) in [4.78, 5) is 2.42. The van der Waals surface area contributed by atoms with Gasteiger partial charge in [0.25, 0.3) is 0 Å². The van der Waals surface area contributed by atoms with Gasteiger partial charge < -0.3 is 15.0 Å². The van der Waals surface area contributed by atoms with E-state index in [0.29, 0.717) is 6.10 Å². The van der Waals surface area contributed by atoms with Crippen molar-refractivity contribution in [2.75, 3.05) is 31.6 Å². The lowest BCUT2D eigenvalue weighted by Gasteiger charge is -2.20. The molecule has 1 aliphatic heterocycles. The van der Waals surface area contributed by atoms with Crippen molar-refractivity contribution in [2.45, 2.75) is 39.3 Å². The number of nitrogens with one attached hydrogen (secondary N) is 1. The minimum atomic E-state index is 0.395. The van der Waals surface area contributed by atoms with Crippen molar-refractivity contribution in [1.29, 1.82) is 0 Å². The van der Waals surface area contributed by atoms with E-state index in [0.717, 1.165) is 32.6 Å². The van der Waals surface area contributed by atoms with Crippen LogP contribution >= 0.6 is 0 Å². The van der Waals surface area contributed by atoms with Crippen molar-refractivity contribution >= 4 is 5.69 Å². The molecule has 1 fully saturated rings. The number of ether oxygens (including phenoxy) is 1. The quantitative estimate of drug-likeness (QED) is 0.798. The summed E-state index contributed by atoms with van der Waals surface area (Å²) in [6.45, 7) is 8.58. The van der Waals surface area contributed by atoms with Gasteiger partial charge in [0, 0.05) is 32.4 Å². The Bertz CT molecular complexity index is 406. The Morgan fingerprint density at radius 2 is 2.26 bits per heavy atom. The minimum Gasteiger partial charge on any atom is -0.380 e. The van der Waals surface area contributed by atoms with Crippen LogP contribution in [0.3, 0.4) is 0 Å². The molecular weight excluding hydrogens is 236 g/mol. The van der Waals surface area contributed by atoms with Gasteiger partial charge >= 0.3 is 0 Å². The third kappa shape index (κ3) is 3.71. The highest BCUT2D eigenvalue weighted by atomic mass is 16.5. The normalized spacial score (nSPS) is 19.1. The number of benzene rings is 1. The lowest BCUT2D eigenvalue weighted by Crippen LogP contribution is -2.22. The van der Waals surface area contributed by atoms with Gasteiger partial charge in [-0.3, -0.25) is 0 Å². The van der Waals surface area contributed by atoms with Gasteiger partial charge in [0.05, 0.1) is 6.10 Å². The summed E-state index contributed by atoms with van der Waals surface area (Å²) in [5, 5.41) is 3.46. The van der Waals surface area contributed by atoms with Gasteiger partial charge in [0.1, 0.15) is 0 Å². The highest BCUT2D eigenvalue weighted by molar-refractivity contribution is 5.51. The Hall–Kier alpha value is -1.06. The van der Waals surface area contributed by atoms with Crippen LogP contribution in [-0.4, -0.2) is 32.8 Å². The zero-order chi connectivity index (χ0) is 13.7. The Labute approximate surface area is 116 Å². The molecular formula is C16H26N2O. The maximum absolute atomic E-state index is 5.43. The van der Waals surface area contributed by atoms with E-state index in [1.807, 2.05) is 7.11 Å². The number of aryl methyl sites for hydroxylation is 1. The van der Waals surface area contributed by atoms with E-state index in [-0.39, 0.29) is 0 Å². The third-order valence-electron chi connectivity index (χ3n) is 3.91. The van der Waals surface area contributed by atoms with Crippen molar-refractivity contribution in [1.82, 2.24) is 5.32 Å². The van der Waals surface area contributed by atoms with E-state index in [2.05, 4.69) is 42.3 Å². The van der Waals surface area contributed by atoms with Crippen LogP contribution in [0.25, 0.3) is 0 Å². The summed E-state index contributed by atoms with van der Waals surface area (Å²) in [6.07, 6.45) is 2.71.